The highest BCUT2D eigenvalue weighted by Gasteiger charge is 2.15. The van der Waals surface area contributed by atoms with Gasteiger partial charge in [0.15, 0.2) is 5.78 Å². The van der Waals surface area contributed by atoms with Crippen LogP contribution in [-0.2, 0) is 0 Å². The van der Waals surface area contributed by atoms with Crippen molar-refractivity contribution >= 4 is 38.2 Å². The van der Waals surface area contributed by atoms with Crippen molar-refractivity contribution in [3.05, 3.63) is 70.5 Å². The first kappa shape index (κ1) is 12.8. The largest absolute Gasteiger partial charge is 0.399 e. The van der Waals surface area contributed by atoms with Crippen LogP contribution in [0.4, 0.5) is 5.69 Å². The van der Waals surface area contributed by atoms with Gasteiger partial charge in [0.1, 0.15) is 0 Å². The molecule has 1 aromatic heterocycles. The van der Waals surface area contributed by atoms with Crippen LogP contribution in [0.1, 0.15) is 15.9 Å². The molecule has 0 aliphatic rings. The van der Waals surface area contributed by atoms with Crippen molar-refractivity contribution in [1.29, 1.82) is 0 Å². The summed E-state index contributed by atoms with van der Waals surface area (Å²) in [6.45, 7) is 0. The van der Waals surface area contributed by atoms with Gasteiger partial charge in [-0.1, -0.05) is 40.2 Å². The maximum atomic E-state index is 12.7. The second kappa shape index (κ2) is 5.06. The molecule has 0 aliphatic carbocycles. The molecule has 0 bridgehead atoms. The van der Waals surface area contributed by atoms with E-state index in [0.29, 0.717) is 16.8 Å². The number of fused-ring (bicyclic) bond motifs is 1. The molecule has 3 aromatic rings. The van der Waals surface area contributed by atoms with E-state index in [0.717, 1.165) is 15.2 Å². The van der Waals surface area contributed by atoms with E-state index < -0.39 is 0 Å². The quantitative estimate of drug-likeness (QED) is 0.575. The van der Waals surface area contributed by atoms with Gasteiger partial charge in [0, 0.05) is 39.1 Å². The predicted molar refractivity (Wildman–Crippen MR) is 83.7 cm³/mol. The topological polar surface area (TPSA) is 56.0 Å². The minimum atomic E-state index is -0.0894. The highest BCUT2D eigenvalue weighted by Crippen LogP contribution is 2.25. The summed E-state index contributed by atoms with van der Waals surface area (Å²) in [5, 5.41) is 1.83. The summed E-state index contributed by atoms with van der Waals surface area (Å²) in [4.78, 5) is 16.9. The number of ketones is 1. The molecular formula is C16H11BrN2O. The van der Waals surface area contributed by atoms with Gasteiger partial charge >= 0.3 is 0 Å². The van der Waals surface area contributed by atoms with E-state index in [1.165, 1.54) is 0 Å². The van der Waals surface area contributed by atoms with Crippen molar-refractivity contribution in [2.75, 3.05) is 5.73 Å². The van der Waals surface area contributed by atoms with Crippen molar-refractivity contribution in [1.82, 2.24) is 4.98 Å². The van der Waals surface area contributed by atoms with Gasteiger partial charge in [-0.05, 0) is 23.6 Å². The van der Waals surface area contributed by atoms with Crippen molar-refractivity contribution < 1.29 is 4.79 Å². The first-order valence-electron chi connectivity index (χ1n) is 6.09. The summed E-state index contributed by atoms with van der Waals surface area (Å²) in [7, 11) is 0. The number of hydrogen-bond donors (Lipinski definition) is 1. The number of anilines is 1. The highest BCUT2D eigenvalue weighted by atomic mass is 79.9. The third kappa shape index (κ3) is 2.18. The summed E-state index contributed by atoms with van der Waals surface area (Å²) < 4.78 is 0.727. The van der Waals surface area contributed by atoms with E-state index in [1.807, 2.05) is 24.3 Å². The van der Waals surface area contributed by atoms with E-state index >= 15 is 0 Å². The Kier molecular flexibility index (Phi) is 3.24. The average Bonchev–Trinajstić information content (AvgIpc) is 2.48. The van der Waals surface area contributed by atoms with Crippen LogP contribution in [0.3, 0.4) is 0 Å². The Morgan fingerprint density at radius 2 is 1.85 bits per heavy atom. The molecule has 0 saturated carbocycles. The lowest BCUT2D eigenvalue weighted by Gasteiger charge is -2.07. The number of halogens is 1. The molecule has 2 N–H and O–H groups in total. The second-order valence-electron chi connectivity index (χ2n) is 4.48. The molecule has 0 amide bonds. The zero-order valence-electron chi connectivity index (χ0n) is 10.5. The maximum Gasteiger partial charge on any atom is 0.196 e. The molecule has 1 heterocycles. The monoisotopic (exact) mass is 326 g/mol. The fourth-order valence-corrected chi connectivity index (χ4v) is 2.59. The van der Waals surface area contributed by atoms with Gasteiger partial charge in [-0.2, -0.15) is 0 Å². The first-order valence-corrected chi connectivity index (χ1v) is 6.88. The van der Waals surface area contributed by atoms with Crippen LogP contribution in [0.5, 0.6) is 0 Å². The van der Waals surface area contributed by atoms with Gasteiger partial charge in [-0.3, -0.25) is 9.78 Å². The summed E-state index contributed by atoms with van der Waals surface area (Å²) in [6.07, 6.45) is 3.35. The predicted octanol–water partition coefficient (Wildman–Crippen LogP) is 3.81. The van der Waals surface area contributed by atoms with Crippen LogP contribution in [0.25, 0.3) is 10.8 Å². The molecule has 0 aliphatic heterocycles. The van der Waals surface area contributed by atoms with E-state index in [-0.39, 0.29) is 5.78 Å². The molecule has 0 radical (unpaired) electrons. The molecule has 0 atom stereocenters. The van der Waals surface area contributed by atoms with Crippen LogP contribution < -0.4 is 5.73 Å². The number of nitrogen functional groups attached to an aromatic ring is 1. The molecule has 98 valence electrons. The van der Waals surface area contributed by atoms with Gasteiger partial charge in [-0.25, -0.2) is 0 Å². The standard InChI is InChI=1S/C16H11BrN2O/c17-15-6-5-11(18)7-13(15)16(20)14-9-19-8-10-3-1-2-4-12(10)14/h1-9H,18H2. The van der Waals surface area contributed by atoms with Gasteiger partial charge in [0.2, 0.25) is 0 Å². The lowest BCUT2D eigenvalue weighted by Crippen LogP contribution is -2.05. The number of hydrogen-bond acceptors (Lipinski definition) is 3. The van der Waals surface area contributed by atoms with Crippen molar-refractivity contribution in [3.63, 3.8) is 0 Å². The lowest BCUT2D eigenvalue weighted by atomic mass is 9.99. The number of nitrogens with two attached hydrogens (primary N) is 1. The number of rotatable bonds is 2. The Balaban J connectivity index is 2.20. The fraction of sp³-hybridized carbons (Fsp3) is 0. The molecule has 0 spiro atoms. The van der Waals surface area contributed by atoms with Crippen LogP contribution in [0.2, 0.25) is 0 Å². The summed E-state index contributed by atoms with van der Waals surface area (Å²) in [5.41, 5.74) is 7.45. The molecule has 0 fully saturated rings. The number of aromatic nitrogens is 1. The third-order valence-electron chi connectivity index (χ3n) is 3.15. The third-order valence-corrected chi connectivity index (χ3v) is 3.84. The second-order valence-corrected chi connectivity index (χ2v) is 5.33. The van der Waals surface area contributed by atoms with E-state index in [9.17, 15) is 4.79 Å². The van der Waals surface area contributed by atoms with Gasteiger partial charge in [0.25, 0.3) is 0 Å². The number of carbonyl (C=O) groups is 1. The van der Waals surface area contributed by atoms with Crippen LogP contribution in [-0.4, -0.2) is 10.8 Å². The number of pyridine rings is 1. The van der Waals surface area contributed by atoms with Crippen LogP contribution in [0.15, 0.2) is 59.3 Å². The SMILES string of the molecule is Nc1ccc(Br)c(C(=O)c2cncc3ccccc23)c1. The molecule has 2 aromatic carbocycles. The minimum absolute atomic E-state index is 0.0894. The van der Waals surface area contributed by atoms with Gasteiger partial charge in [0.05, 0.1) is 0 Å². The number of carbonyl (C=O) groups excluding carboxylic acids is 1. The lowest BCUT2D eigenvalue weighted by molar-refractivity contribution is 0.103. The molecule has 3 rings (SSSR count). The smallest absolute Gasteiger partial charge is 0.196 e. The van der Waals surface area contributed by atoms with Crippen LogP contribution >= 0.6 is 15.9 Å². The average molecular weight is 327 g/mol. The van der Waals surface area contributed by atoms with Gasteiger partial charge in [-0.15, -0.1) is 0 Å². The number of benzene rings is 2. The minimum Gasteiger partial charge on any atom is -0.399 e. The summed E-state index contributed by atoms with van der Waals surface area (Å²) >= 11 is 3.40. The zero-order chi connectivity index (χ0) is 14.1. The Morgan fingerprint density at radius 3 is 2.70 bits per heavy atom. The van der Waals surface area contributed by atoms with E-state index in [1.54, 1.807) is 30.6 Å². The van der Waals surface area contributed by atoms with E-state index in [2.05, 4.69) is 20.9 Å². The van der Waals surface area contributed by atoms with Crippen LogP contribution in [0, 0.1) is 0 Å². The van der Waals surface area contributed by atoms with Crippen molar-refractivity contribution in [3.8, 4) is 0 Å². The zero-order valence-corrected chi connectivity index (χ0v) is 12.1. The molecular weight excluding hydrogens is 316 g/mol. The highest BCUT2D eigenvalue weighted by molar-refractivity contribution is 9.10. The Morgan fingerprint density at radius 1 is 1.05 bits per heavy atom. The Labute approximate surface area is 124 Å². The Hall–Kier alpha value is -2.20. The first-order chi connectivity index (χ1) is 9.66. The molecule has 4 heteroatoms. The molecule has 20 heavy (non-hydrogen) atoms. The summed E-state index contributed by atoms with van der Waals surface area (Å²) in [5.74, 6) is -0.0894. The number of nitrogens with zero attached hydrogens (tertiary/aromatic N) is 1. The Bertz CT molecular complexity index is 809. The van der Waals surface area contributed by atoms with E-state index in [4.69, 9.17) is 5.73 Å². The normalized spacial score (nSPS) is 10.7. The van der Waals surface area contributed by atoms with Crippen molar-refractivity contribution in [2.45, 2.75) is 0 Å². The summed E-state index contributed by atoms with van der Waals surface area (Å²) in [6, 6.07) is 12.9. The molecule has 3 nitrogen and oxygen atoms in total. The molecule has 0 unspecified atom stereocenters. The molecule has 0 saturated heterocycles. The van der Waals surface area contributed by atoms with Crippen molar-refractivity contribution in [2.24, 2.45) is 0 Å². The van der Waals surface area contributed by atoms with Gasteiger partial charge < -0.3 is 5.73 Å². The fourth-order valence-electron chi connectivity index (χ4n) is 2.16. The maximum absolute atomic E-state index is 12.7.